The number of methoxy groups -OCH3 is 2. The molecule has 0 heterocycles. The first-order valence-electron chi connectivity index (χ1n) is 4.33. The Morgan fingerprint density at radius 1 is 1.00 bits per heavy atom. The Morgan fingerprint density at radius 3 is 1.41 bits per heavy atom. The second kappa shape index (κ2) is 9.85. The van der Waals surface area contributed by atoms with Gasteiger partial charge in [-0.2, -0.15) is 8.42 Å². The van der Waals surface area contributed by atoms with E-state index >= 15 is 0 Å². The summed E-state index contributed by atoms with van der Waals surface area (Å²) in [6, 6.07) is 7.53. The van der Waals surface area contributed by atoms with Crippen LogP contribution in [0.4, 0.5) is 0 Å². The predicted molar refractivity (Wildman–Crippen MR) is 63.8 cm³/mol. The van der Waals surface area contributed by atoms with Crippen LogP contribution in [0.15, 0.2) is 24.3 Å². The summed E-state index contributed by atoms with van der Waals surface area (Å²) in [4.78, 5) is 0. The van der Waals surface area contributed by atoms with Gasteiger partial charge in [-0.05, 0) is 19.2 Å². The summed E-state index contributed by atoms with van der Waals surface area (Å²) in [5.74, 6) is 1.54. The number of hydrogen-bond donors (Lipinski definition) is 3. The van der Waals surface area contributed by atoms with Crippen molar-refractivity contribution >= 4 is 10.4 Å². The van der Waals surface area contributed by atoms with Crippen molar-refractivity contribution in [3.8, 4) is 11.5 Å². The van der Waals surface area contributed by atoms with Crippen LogP contribution in [0.1, 0.15) is 0 Å². The molecule has 0 aliphatic heterocycles. The Bertz CT molecular complexity index is 361. The van der Waals surface area contributed by atoms with Gasteiger partial charge in [-0.15, -0.1) is 0 Å². The van der Waals surface area contributed by atoms with E-state index in [1.807, 2.05) is 24.3 Å². The third-order valence-electron chi connectivity index (χ3n) is 1.29. The van der Waals surface area contributed by atoms with Gasteiger partial charge in [0.25, 0.3) is 0 Å². The van der Waals surface area contributed by atoms with E-state index in [2.05, 4.69) is 5.73 Å². The van der Waals surface area contributed by atoms with Crippen molar-refractivity contribution in [2.45, 2.75) is 0 Å². The number of rotatable bonds is 2. The van der Waals surface area contributed by atoms with E-state index in [1.54, 1.807) is 14.2 Å². The second-order valence-corrected chi connectivity index (χ2v) is 3.20. The van der Waals surface area contributed by atoms with E-state index in [0.717, 1.165) is 11.5 Å². The third kappa shape index (κ3) is 12.6. The zero-order chi connectivity index (χ0) is 13.9. The van der Waals surface area contributed by atoms with Gasteiger partial charge < -0.3 is 15.2 Å². The lowest BCUT2D eigenvalue weighted by Gasteiger charge is -2.04. The first-order chi connectivity index (χ1) is 7.88. The minimum atomic E-state index is -4.67. The molecule has 0 saturated heterocycles. The van der Waals surface area contributed by atoms with Crippen LogP contribution in [0.2, 0.25) is 0 Å². The van der Waals surface area contributed by atoms with Gasteiger partial charge >= 0.3 is 10.4 Å². The van der Waals surface area contributed by atoms with Gasteiger partial charge in [0.05, 0.1) is 14.2 Å². The number of nitrogens with two attached hydrogens (primary N) is 1. The maximum atomic E-state index is 8.74. The molecular formula is C9H17NO6S. The molecule has 0 amide bonds. The van der Waals surface area contributed by atoms with Crippen molar-refractivity contribution in [3.05, 3.63) is 24.3 Å². The molecule has 0 aliphatic rings. The number of benzene rings is 1. The summed E-state index contributed by atoms with van der Waals surface area (Å²) in [5, 5.41) is 0. The van der Waals surface area contributed by atoms with Crippen LogP contribution in [0.3, 0.4) is 0 Å². The molecule has 0 atom stereocenters. The molecule has 1 aromatic carbocycles. The van der Waals surface area contributed by atoms with Gasteiger partial charge in [0.2, 0.25) is 0 Å². The fourth-order valence-corrected chi connectivity index (χ4v) is 0.787. The second-order valence-electron chi connectivity index (χ2n) is 2.30. The van der Waals surface area contributed by atoms with Crippen LogP contribution in [0.5, 0.6) is 11.5 Å². The van der Waals surface area contributed by atoms with Crippen molar-refractivity contribution in [2.24, 2.45) is 5.73 Å². The van der Waals surface area contributed by atoms with Gasteiger partial charge in [-0.25, -0.2) is 0 Å². The minimum Gasteiger partial charge on any atom is -0.493 e. The molecule has 0 saturated carbocycles. The summed E-state index contributed by atoms with van der Waals surface area (Å²) in [7, 11) is 0.0791. The van der Waals surface area contributed by atoms with E-state index < -0.39 is 10.4 Å². The quantitative estimate of drug-likeness (QED) is 0.672. The molecule has 1 aromatic rings. The van der Waals surface area contributed by atoms with Crippen LogP contribution < -0.4 is 15.2 Å². The van der Waals surface area contributed by atoms with Gasteiger partial charge in [-0.1, -0.05) is 12.1 Å². The molecule has 1 rings (SSSR count). The van der Waals surface area contributed by atoms with Crippen LogP contribution in [0, 0.1) is 0 Å². The van der Waals surface area contributed by atoms with Crippen molar-refractivity contribution in [2.75, 3.05) is 21.3 Å². The molecule has 0 fully saturated rings. The lowest BCUT2D eigenvalue weighted by Crippen LogP contribution is -1.89. The molecule has 4 N–H and O–H groups in total. The molecule has 0 bridgehead atoms. The highest BCUT2D eigenvalue weighted by Crippen LogP contribution is 2.24. The summed E-state index contributed by atoms with van der Waals surface area (Å²) in [5.41, 5.74) is 4.50. The summed E-state index contributed by atoms with van der Waals surface area (Å²) < 4.78 is 41.6. The Morgan fingerprint density at radius 2 is 1.24 bits per heavy atom. The maximum Gasteiger partial charge on any atom is 0.394 e. The fraction of sp³-hybridized carbons (Fsp3) is 0.333. The number of para-hydroxylation sites is 2. The summed E-state index contributed by atoms with van der Waals surface area (Å²) >= 11 is 0. The van der Waals surface area contributed by atoms with Crippen LogP contribution in [-0.4, -0.2) is 38.8 Å². The van der Waals surface area contributed by atoms with E-state index in [0.29, 0.717) is 0 Å². The SMILES string of the molecule is CN.COc1ccccc1OC.O=S(=O)(O)O. The summed E-state index contributed by atoms with van der Waals surface area (Å²) in [6.07, 6.45) is 0. The largest absolute Gasteiger partial charge is 0.493 e. The predicted octanol–water partition coefficient (Wildman–Crippen LogP) is 0.626. The van der Waals surface area contributed by atoms with Crippen molar-refractivity contribution < 1.29 is 27.0 Å². The van der Waals surface area contributed by atoms with Crippen LogP contribution >= 0.6 is 0 Å². The maximum absolute atomic E-state index is 8.74. The smallest absolute Gasteiger partial charge is 0.394 e. The molecule has 100 valence electrons. The standard InChI is InChI=1S/C8H10O2.CH5N.H2O4S/c1-9-7-5-3-4-6-8(7)10-2;1-2;1-5(2,3)4/h3-6H,1-2H3;2H2,1H3;(H2,1,2,3,4). The highest BCUT2D eigenvalue weighted by molar-refractivity contribution is 7.79. The van der Waals surface area contributed by atoms with Crippen LogP contribution in [0.25, 0.3) is 0 Å². The van der Waals surface area contributed by atoms with E-state index in [1.165, 1.54) is 7.05 Å². The van der Waals surface area contributed by atoms with Crippen molar-refractivity contribution in [1.29, 1.82) is 0 Å². The average molecular weight is 267 g/mol. The molecule has 0 aliphatic carbocycles. The fourth-order valence-electron chi connectivity index (χ4n) is 0.787. The number of ether oxygens (including phenoxy) is 2. The first-order valence-corrected chi connectivity index (χ1v) is 5.72. The number of hydrogen-bond acceptors (Lipinski definition) is 5. The molecule has 7 nitrogen and oxygen atoms in total. The minimum absolute atomic E-state index is 0.769. The highest BCUT2D eigenvalue weighted by Gasteiger charge is 1.97. The van der Waals surface area contributed by atoms with Gasteiger partial charge in [0, 0.05) is 0 Å². The molecule has 0 aromatic heterocycles. The molecule has 0 spiro atoms. The first kappa shape index (κ1) is 18.0. The van der Waals surface area contributed by atoms with E-state index in [4.69, 9.17) is 27.0 Å². The Labute approximate surface area is 101 Å². The molecule has 8 heteroatoms. The lowest BCUT2D eigenvalue weighted by atomic mass is 10.3. The van der Waals surface area contributed by atoms with Gasteiger partial charge in [0.1, 0.15) is 0 Å². The molecule has 0 radical (unpaired) electrons. The average Bonchev–Trinajstić information content (AvgIpc) is 2.29. The third-order valence-corrected chi connectivity index (χ3v) is 1.29. The molecule has 17 heavy (non-hydrogen) atoms. The lowest BCUT2D eigenvalue weighted by molar-refractivity contribution is 0.355. The van der Waals surface area contributed by atoms with E-state index in [9.17, 15) is 0 Å². The van der Waals surface area contributed by atoms with Crippen LogP contribution in [-0.2, 0) is 10.4 Å². The molecule has 0 unspecified atom stereocenters. The zero-order valence-corrected chi connectivity index (χ0v) is 10.6. The highest BCUT2D eigenvalue weighted by atomic mass is 32.3. The van der Waals surface area contributed by atoms with Crippen molar-refractivity contribution in [3.63, 3.8) is 0 Å². The van der Waals surface area contributed by atoms with Gasteiger partial charge in [-0.3, -0.25) is 9.11 Å². The van der Waals surface area contributed by atoms with E-state index in [-0.39, 0.29) is 0 Å². The normalized spacial score (nSPS) is 9.06. The Balaban J connectivity index is 0. The molecular weight excluding hydrogens is 250 g/mol. The monoisotopic (exact) mass is 267 g/mol. The van der Waals surface area contributed by atoms with Gasteiger partial charge in [0.15, 0.2) is 11.5 Å². The topological polar surface area (TPSA) is 119 Å². The zero-order valence-electron chi connectivity index (χ0n) is 9.82. The Hall–Kier alpha value is -1.35. The summed E-state index contributed by atoms with van der Waals surface area (Å²) in [6.45, 7) is 0. The van der Waals surface area contributed by atoms with Crippen molar-refractivity contribution in [1.82, 2.24) is 0 Å². The Kier molecular flexibility index (Phi) is 10.4.